The number of hydrazone groups is 1. The summed E-state index contributed by atoms with van der Waals surface area (Å²) in [6, 6.07) is 14.7. The summed E-state index contributed by atoms with van der Waals surface area (Å²) in [5, 5.41) is 10.0. The number of allylic oxidation sites excluding steroid dienone is 1. The van der Waals surface area contributed by atoms with Gasteiger partial charge < -0.3 is 29.6 Å². The zero-order valence-electron chi connectivity index (χ0n) is 24.4. The van der Waals surface area contributed by atoms with Crippen molar-refractivity contribution in [1.29, 1.82) is 0 Å². The zero-order chi connectivity index (χ0) is 32.5. The van der Waals surface area contributed by atoms with E-state index in [1.165, 1.54) is 13.3 Å². The molecular formula is C31H29BrClIN4O7. The summed E-state index contributed by atoms with van der Waals surface area (Å²) in [4.78, 5) is 37.4. The molecule has 1 aliphatic heterocycles. The number of methoxy groups -OCH3 is 1. The Labute approximate surface area is 286 Å². The number of hydrogen-bond acceptors (Lipinski definition) is 8. The Balaban J connectivity index is 1.41. The first-order valence-corrected chi connectivity index (χ1v) is 15.8. The second kappa shape index (κ2) is 16.0. The van der Waals surface area contributed by atoms with Crippen molar-refractivity contribution in [2.24, 2.45) is 5.10 Å². The maximum atomic E-state index is 12.6. The lowest BCUT2D eigenvalue weighted by Gasteiger charge is -2.28. The van der Waals surface area contributed by atoms with Crippen LogP contribution in [0.3, 0.4) is 0 Å². The predicted molar refractivity (Wildman–Crippen MR) is 181 cm³/mol. The molecule has 0 unspecified atom stereocenters. The molecule has 14 heteroatoms. The smallest absolute Gasteiger partial charge is 0.338 e. The Morgan fingerprint density at radius 2 is 1.93 bits per heavy atom. The first-order chi connectivity index (χ1) is 21.6. The first-order valence-electron chi connectivity index (χ1n) is 13.5. The van der Waals surface area contributed by atoms with Crippen molar-refractivity contribution in [1.82, 2.24) is 16.1 Å². The Kier molecular flexibility index (Phi) is 12.1. The van der Waals surface area contributed by atoms with Crippen molar-refractivity contribution in [2.45, 2.75) is 26.5 Å². The molecule has 1 heterocycles. The van der Waals surface area contributed by atoms with Gasteiger partial charge in [-0.3, -0.25) is 4.79 Å². The second-order valence-electron chi connectivity index (χ2n) is 9.51. The van der Waals surface area contributed by atoms with E-state index in [1.54, 1.807) is 38.1 Å². The van der Waals surface area contributed by atoms with Gasteiger partial charge in [-0.25, -0.2) is 15.0 Å². The van der Waals surface area contributed by atoms with Crippen LogP contribution in [0.15, 0.2) is 75.4 Å². The molecule has 3 amide bonds. The number of carbonyl (C=O) groups is 3. The second-order valence-corrected chi connectivity index (χ2v) is 12.0. The largest absolute Gasteiger partial charge is 0.493 e. The average Bonchev–Trinajstić information content (AvgIpc) is 2.99. The van der Waals surface area contributed by atoms with Crippen LogP contribution < -0.4 is 30.3 Å². The number of benzene rings is 3. The molecule has 4 rings (SSSR count). The maximum Gasteiger partial charge on any atom is 0.338 e. The number of nitrogens with zero attached hydrogens (tertiary/aromatic N) is 1. The van der Waals surface area contributed by atoms with Gasteiger partial charge in [-0.05, 0) is 84.0 Å². The third-order valence-corrected chi connectivity index (χ3v) is 7.84. The molecule has 3 N–H and O–H groups in total. The molecule has 0 aliphatic carbocycles. The Morgan fingerprint density at radius 1 is 1.13 bits per heavy atom. The number of hydrogen-bond donors (Lipinski definition) is 3. The quantitative estimate of drug-likeness (QED) is 0.0882. The fourth-order valence-corrected chi connectivity index (χ4v) is 6.29. The van der Waals surface area contributed by atoms with Crippen LogP contribution in [-0.4, -0.2) is 44.4 Å². The zero-order valence-corrected chi connectivity index (χ0v) is 28.9. The highest BCUT2D eigenvalue weighted by molar-refractivity contribution is 14.1. The molecule has 1 atom stereocenters. The Bertz CT molecular complexity index is 1670. The number of rotatable bonds is 12. The topological polar surface area (TPSA) is 137 Å². The third-order valence-electron chi connectivity index (χ3n) is 6.35. The highest BCUT2D eigenvalue weighted by Crippen LogP contribution is 2.35. The molecule has 0 saturated carbocycles. The fourth-order valence-electron chi connectivity index (χ4n) is 4.37. The van der Waals surface area contributed by atoms with Crippen LogP contribution in [0.5, 0.6) is 17.2 Å². The summed E-state index contributed by atoms with van der Waals surface area (Å²) >= 11 is 11.7. The monoisotopic (exact) mass is 810 g/mol. The van der Waals surface area contributed by atoms with Gasteiger partial charge >= 0.3 is 12.0 Å². The molecule has 0 fully saturated rings. The minimum atomic E-state index is -0.779. The lowest BCUT2D eigenvalue weighted by molar-refractivity contribution is -0.139. The minimum Gasteiger partial charge on any atom is -0.493 e. The van der Waals surface area contributed by atoms with Crippen LogP contribution in [0.1, 0.15) is 36.6 Å². The van der Waals surface area contributed by atoms with Crippen molar-refractivity contribution >= 4 is 74.2 Å². The van der Waals surface area contributed by atoms with E-state index in [9.17, 15) is 14.4 Å². The molecule has 0 bridgehead atoms. The van der Waals surface area contributed by atoms with E-state index >= 15 is 0 Å². The Morgan fingerprint density at radius 3 is 2.67 bits per heavy atom. The van der Waals surface area contributed by atoms with Crippen molar-refractivity contribution in [3.05, 3.63) is 95.6 Å². The summed E-state index contributed by atoms with van der Waals surface area (Å²) in [5.74, 6) is 0.0949. The van der Waals surface area contributed by atoms with Crippen LogP contribution in [0.2, 0.25) is 5.02 Å². The van der Waals surface area contributed by atoms with Gasteiger partial charge in [-0.15, -0.1) is 0 Å². The highest BCUT2D eigenvalue weighted by Gasteiger charge is 2.32. The number of carbonyl (C=O) groups excluding carboxylic acids is 3. The average molecular weight is 812 g/mol. The summed E-state index contributed by atoms with van der Waals surface area (Å²) in [7, 11) is 1.44. The third kappa shape index (κ3) is 9.11. The highest BCUT2D eigenvalue weighted by atomic mass is 127. The number of urea groups is 1. The number of halogens is 3. The first kappa shape index (κ1) is 34.1. The van der Waals surface area contributed by atoms with Crippen molar-refractivity contribution in [3.8, 4) is 17.2 Å². The van der Waals surface area contributed by atoms with E-state index in [-0.39, 0.29) is 24.5 Å². The summed E-state index contributed by atoms with van der Waals surface area (Å²) in [6.45, 7) is 3.44. The van der Waals surface area contributed by atoms with Gasteiger partial charge in [-0.1, -0.05) is 45.7 Å². The van der Waals surface area contributed by atoms with Gasteiger partial charge in [-0.2, -0.15) is 5.10 Å². The molecular weight excluding hydrogens is 783 g/mol. The van der Waals surface area contributed by atoms with E-state index in [0.29, 0.717) is 40.0 Å². The fraction of sp³-hybridized carbons (Fsp3) is 0.226. The normalized spacial score (nSPS) is 14.4. The van der Waals surface area contributed by atoms with Gasteiger partial charge in [0.2, 0.25) is 0 Å². The lowest BCUT2D eigenvalue weighted by atomic mass is 9.95. The van der Waals surface area contributed by atoms with E-state index in [0.717, 1.165) is 13.6 Å². The molecule has 236 valence electrons. The number of esters is 1. The van der Waals surface area contributed by atoms with Crippen LogP contribution in [0.25, 0.3) is 0 Å². The summed E-state index contributed by atoms with van der Waals surface area (Å²) in [5.41, 5.74) is 5.21. The molecule has 3 aromatic rings. The molecule has 45 heavy (non-hydrogen) atoms. The standard InChI is InChI=1S/C31H29BrClIN4O7/c1-4-43-30(40)27-17(2)36-31(41)37-28(27)19-8-9-24(25(12-19)42-3)44-16-26(39)38-35-14-20-11-21(32)13-23(34)29(20)45-15-18-6-5-7-22(33)10-18/h5-14,28H,4,15-16H2,1-3H3,(H,38,39)(H2,36,37,41)/b35-14+/t28-/m1/s1. The van der Waals surface area contributed by atoms with Crippen LogP contribution in [0.4, 0.5) is 4.79 Å². The van der Waals surface area contributed by atoms with E-state index in [2.05, 4.69) is 59.7 Å². The van der Waals surface area contributed by atoms with Crippen molar-refractivity contribution < 1.29 is 33.3 Å². The summed E-state index contributed by atoms with van der Waals surface area (Å²) in [6.07, 6.45) is 1.48. The van der Waals surface area contributed by atoms with Crippen LogP contribution >= 0.6 is 50.1 Å². The van der Waals surface area contributed by atoms with Crippen LogP contribution in [-0.2, 0) is 20.9 Å². The minimum absolute atomic E-state index is 0.180. The van der Waals surface area contributed by atoms with E-state index in [1.807, 2.05) is 30.3 Å². The van der Waals surface area contributed by atoms with E-state index < -0.39 is 23.9 Å². The van der Waals surface area contributed by atoms with Gasteiger partial charge in [0.1, 0.15) is 12.4 Å². The van der Waals surface area contributed by atoms with Gasteiger partial charge in [0, 0.05) is 20.8 Å². The molecule has 0 aromatic heterocycles. The molecule has 0 radical (unpaired) electrons. The molecule has 1 aliphatic rings. The van der Waals surface area contributed by atoms with Gasteiger partial charge in [0.15, 0.2) is 18.1 Å². The molecule has 3 aromatic carbocycles. The molecule has 0 saturated heterocycles. The number of ether oxygens (including phenoxy) is 4. The van der Waals surface area contributed by atoms with Gasteiger partial charge in [0.25, 0.3) is 5.91 Å². The number of amides is 3. The van der Waals surface area contributed by atoms with Crippen molar-refractivity contribution in [2.75, 3.05) is 20.3 Å². The summed E-state index contributed by atoms with van der Waals surface area (Å²) < 4.78 is 24.1. The predicted octanol–water partition coefficient (Wildman–Crippen LogP) is 6.01. The Hall–Kier alpha value is -3.82. The lowest BCUT2D eigenvalue weighted by Crippen LogP contribution is -2.45. The van der Waals surface area contributed by atoms with Crippen molar-refractivity contribution in [3.63, 3.8) is 0 Å². The molecule has 11 nitrogen and oxygen atoms in total. The van der Waals surface area contributed by atoms with Crippen LogP contribution in [0, 0.1) is 3.57 Å². The van der Waals surface area contributed by atoms with Gasteiger partial charge in [0.05, 0.1) is 35.1 Å². The SMILES string of the molecule is CCOC(=O)C1=C(C)NC(=O)N[C@@H]1c1ccc(OCC(=O)N/N=C/c2cc(Br)cc(I)c2OCc2cccc(Cl)c2)c(OC)c1. The maximum absolute atomic E-state index is 12.6. The number of nitrogens with one attached hydrogen (secondary N) is 3. The molecule has 0 spiro atoms. The van der Waals surface area contributed by atoms with E-state index in [4.69, 9.17) is 30.5 Å².